The predicted octanol–water partition coefficient (Wildman–Crippen LogP) is 3.76. The van der Waals surface area contributed by atoms with Gasteiger partial charge < -0.3 is 15.5 Å². The molecular formula is C28H36N6O2. The number of pyridine rings is 1. The van der Waals surface area contributed by atoms with E-state index in [0.29, 0.717) is 6.54 Å². The van der Waals surface area contributed by atoms with Crippen LogP contribution in [0.4, 0.5) is 0 Å². The summed E-state index contributed by atoms with van der Waals surface area (Å²) in [5, 5.41) is 6.12. The van der Waals surface area contributed by atoms with Gasteiger partial charge in [-0.25, -0.2) is 9.97 Å². The quantitative estimate of drug-likeness (QED) is 0.528. The zero-order valence-corrected chi connectivity index (χ0v) is 21.2. The van der Waals surface area contributed by atoms with E-state index >= 15 is 0 Å². The van der Waals surface area contributed by atoms with Crippen LogP contribution in [-0.2, 0) is 9.59 Å². The average molecular weight is 489 g/mol. The largest absolute Gasteiger partial charge is 0.343 e. The minimum atomic E-state index is -0.479. The van der Waals surface area contributed by atoms with Gasteiger partial charge in [0.25, 0.3) is 0 Å². The fourth-order valence-corrected chi connectivity index (χ4v) is 5.73. The van der Waals surface area contributed by atoms with Crippen LogP contribution < -0.4 is 10.6 Å². The van der Waals surface area contributed by atoms with Crippen molar-refractivity contribution in [3.05, 3.63) is 54.5 Å². The summed E-state index contributed by atoms with van der Waals surface area (Å²) in [5.41, 5.74) is 2.99. The van der Waals surface area contributed by atoms with Crippen molar-refractivity contribution in [3.8, 4) is 5.82 Å². The third kappa shape index (κ3) is 4.87. The summed E-state index contributed by atoms with van der Waals surface area (Å²) < 4.78 is 1.99. The van der Waals surface area contributed by atoms with Gasteiger partial charge in [-0.15, -0.1) is 0 Å². The van der Waals surface area contributed by atoms with E-state index in [1.807, 2.05) is 52.9 Å². The number of likely N-dealkylation sites (tertiary alicyclic amines) is 1. The Balaban J connectivity index is 1.41. The fourth-order valence-electron chi connectivity index (χ4n) is 5.73. The minimum absolute atomic E-state index is 0.0289. The minimum Gasteiger partial charge on any atom is -0.343 e. The normalized spacial score (nSPS) is 20.4. The van der Waals surface area contributed by atoms with Crippen LogP contribution in [0, 0.1) is 5.92 Å². The fraction of sp³-hybridized carbons (Fsp3) is 0.500. The second kappa shape index (κ2) is 10.8. The number of amides is 2. The van der Waals surface area contributed by atoms with Crippen LogP contribution in [0.1, 0.15) is 63.5 Å². The number of hydrogen-bond acceptors (Lipinski definition) is 5. The molecule has 3 atom stereocenters. The molecule has 1 aromatic carbocycles. The van der Waals surface area contributed by atoms with Gasteiger partial charge in [-0.1, -0.05) is 31.4 Å². The van der Waals surface area contributed by atoms with E-state index < -0.39 is 6.04 Å². The molecule has 1 saturated heterocycles. The van der Waals surface area contributed by atoms with Crippen molar-refractivity contribution in [2.45, 2.75) is 70.0 Å². The topological polar surface area (TPSA) is 92.2 Å². The summed E-state index contributed by atoms with van der Waals surface area (Å²) in [6, 6.07) is 11.2. The highest BCUT2D eigenvalue weighted by atomic mass is 16.2. The molecule has 2 aliphatic rings. The average Bonchev–Trinajstić information content (AvgIpc) is 3.59. The molecule has 2 unspecified atom stereocenters. The molecule has 1 aliphatic heterocycles. The van der Waals surface area contributed by atoms with Crippen molar-refractivity contribution in [2.75, 3.05) is 13.6 Å². The van der Waals surface area contributed by atoms with Gasteiger partial charge in [0.15, 0.2) is 0 Å². The Labute approximate surface area is 212 Å². The number of imidazole rings is 1. The summed E-state index contributed by atoms with van der Waals surface area (Å²) in [5.74, 6) is 0.911. The van der Waals surface area contributed by atoms with Gasteiger partial charge in [-0.3, -0.25) is 14.2 Å². The number of fused-ring (bicyclic) bond motifs is 1. The first-order chi connectivity index (χ1) is 17.6. The maximum atomic E-state index is 14.0. The summed E-state index contributed by atoms with van der Waals surface area (Å²) in [7, 11) is 1.77. The van der Waals surface area contributed by atoms with Crippen molar-refractivity contribution in [3.63, 3.8) is 0 Å². The van der Waals surface area contributed by atoms with Crippen LogP contribution in [0.15, 0.2) is 48.9 Å². The van der Waals surface area contributed by atoms with E-state index in [1.54, 1.807) is 13.4 Å². The number of nitrogens with one attached hydrogen (secondary N) is 2. The van der Waals surface area contributed by atoms with Gasteiger partial charge in [0.1, 0.15) is 18.2 Å². The number of hydrogen-bond donors (Lipinski definition) is 2. The van der Waals surface area contributed by atoms with Crippen molar-refractivity contribution in [1.82, 2.24) is 30.1 Å². The summed E-state index contributed by atoms with van der Waals surface area (Å²) in [6.07, 6.45) is 10.9. The lowest BCUT2D eigenvalue weighted by Crippen LogP contribution is -2.55. The van der Waals surface area contributed by atoms with Gasteiger partial charge in [-0.05, 0) is 75.4 Å². The van der Waals surface area contributed by atoms with E-state index in [9.17, 15) is 9.59 Å². The Bertz CT molecular complexity index is 1220. The molecule has 2 aromatic heterocycles. The number of nitrogens with zero attached hydrogens (tertiary/aromatic N) is 4. The molecule has 2 N–H and O–H groups in total. The van der Waals surface area contributed by atoms with Crippen molar-refractivity contribution < 1.29 is 9.59 Å². The SMILES string of the molecule is CNC(C)C(=O)N[C@H](C(=O)N1CCCC1c1ccnc(-n2cnc3ccccc32)c1)C1CCCCC1. The van der Waals surface area contributed by atoms with Crippen LogP contribution in [0.25, 0.3) is 16.9 Å². The maximum absolute atomic E-state index is 14.0. The molecule has 0 bridgehead atoms. The highest BCUT2D eigenvalue weighted by Crippen LogP contribution is 2.35. The molecule has 8 heteroatoms. The first-order valence-corrected chi connectivity index (χ1v) is 13.2. The Morgan fingerprint density at radius 2 is 1.83 bits per heavy atom. The Morgan fingerprint density at radius 1 is 1.03 bits per heavy atom. The summed E-state index contributed by atoms with van der Waals surface area (Å²) in [6.45, 7) is 2.53. The highest BCUT2D eigenvalue weighted by Gasteiger charge is 2.39. The molecule has 5 rings (SSSR count). The molecule has 2 fully saturated rings. The van der Waals surface area contributed by atoms with Crippen LogP contribution in [0.2, 0.25) is 0 Å². The van der Waals surface area contributed by atoms with Gasteiger partial charge in [0.2, 0.25) is 11.8 Å². The molecule has 1 aliphatic carbocycles. The standard InChI is InChI=1S/C28H36N6O2/c1-19(29-2)27(35)32-26(20-9-4-3-5-10-20)28(36)33-16-8-13-23(33)21-14-15-30-25(17-21)34-18-31-22-11-6-7-12-24(22)34/h6-7,11-12,14-15,17-20,23,26,29H,3-5,8-10,13,16H2,1-2H3,(H,32,35)/t19?,23?,26-/m0/s1. The third-order valence-corrected chi connectivity index (χ3v) is 7.90. The van der Waals surface area contributed by atoms with Gasteiger partial charge >= 0.3 is 0 Å². The van der Waals surface area contributed by atoms with Crippen molar-refractivity contribution >= 4 is 22.8 Å². The number of carbonyl (C=O) groups is 2. The number of para-hydroxylation sites is 2. The highest BCUT2D eigenvalue weighted by molar-refractivity contribution is 5.90. The number of carbonyl (C=O) groups excluding carboxylic acids is 2. The maximum Gasteiger partial charge on any atom is 0.245 e. The van der Waals surface area contributed by atoms with Crippen molar-refractivity contribution in [2.24, 2.45) is 5.92 Å². The molecule has 3 heterocycles. The Morgan fingerprint density at radius 3 is 2.64 bits per heavy atom. The lowest BCUT2D eigenvalue weighted by Gasteiger charge is -2.35. The predicted molar refractivity (Wildman–Crippen MR) is 140 cm³/mol. The van der Waals surface area contributed by atoms with E-state index in [4.69, 9.17) is 0 Å². The summed E-state index contributed by atoms with van der Waals surface area (Å²) in [4.78, 5) is 37.9. The number of aromatic nitrogens is 3. The zero-order valence-electron chi connectivity index (χ0n) is 21.2. The zero-order chi connectivity index (χ0) is 25.1. The first-order valence-electron chi connectivity index (χ1n) is 13.2. The summed E-state index contributed by atoms with van der Waals surface area (Å²) >= 11 is 0. The van der Waals surface area contributed by atoms with Gasteiger partial charge in [-0.2, -0.15) is 0 Å². The van der Waals surface area contributed by atoms with E-state index in [-0.39, 0.29) is 29.8 Å². The first kappa shape index (κ1) is 24.4. The van der Waals surface area contributed by atoms with Gasteiger partial charge in [0, 0.05) is 12.7 Å². The number of rotatable bonds is 7. The van der Waals surface area contributed by atoms with Crippen LogP contribution in [0.5, 0.6) is 0 Å². The Kier molecular flexibility index (Phi) is 7.32. The molecule has 36 heavy (non-hydrogen) atoms. The van der Waals surface area contributed by atoms with Crippen LogP contribution in [-0.4, -0.2) is 56.9 Å². The molecule has 2 amide bonds. The molecule has 8 nitrogen and oxygen atoms in total. The number of likely N-dealkylation sites (N-methyl/N-ethyl adjacent to an activating group) is 1. The van der Waals surface area contributed by atoms with E-state index in [2.05, 4.69) is 26.7 Å². The second-order valence-corrected chi connectivity index (χ2v) is 10.1. The molecular weight excluding hydrogens is 452 g/mol. The lowest BCUT2D eigenvalue weighted by molar-refractivity contribution is -0.139. The number of benzene rings is 1. The molecule has 3 aromatic rings. The monoisotopic (exact) mass is 488 g/mol. The molecule has 190 valence electrons. The van der Waals surface area contributed by atoms with E-state index in [1.165, 1.54) is 6.42 Å². The smallest absolute Gasteiger partial charge is 0.245 e. The molecule has 0 spiro atoms. The van der Waals surface area contributed by atoms with Crippen molar-refractivity contribution in [1.29, 1.82) is 0 Å². The second-order valence-electron chi connectivity index (χ2n) is 10.1. The van der Waals surface area contributed by atoms with E-state index in [0.717, 1.165) is 60.9 Å². The Hall–Kier alpha value is -3.26. The molecule has 0 radical (unpaired) electrons. The lowest BCUT2D eigenvalue weighted by atomic mass is 9.83. The van der Waals surface area contributed by atoms with Crippen LogP contribution >= 0.6 is 0 Å². The third-order valence-electron chi connectivity index (χ3n) is 7.90. The van der Waals surface area contributed by atoms with Crippen LogP contribution in [0.3, 0.4) is 0 Å². The van der Waals surface area contributed by atoms with Gasteiger partial charge in [0.05, 0.1) is 23.1 Å². The molecule has 1 saturated carbocycles.